The van der Waals surface area contributed by atoms with Crippen molar-refractivity contribution in [2.24, 2.45) is 0 Å². The smallest absolute Gasteiger partial charge is 0.289 e. The first kappa shape index (κ1) is 14.8. The maximum absolute atomic E-state index is 12.6. The molecular formula is C15H20N4O3. The van der Waals surface area contributed by atoms with Crippen molar-refractivity contribution in [2.75, 3.05) is 13.1 Å². The molecule has 1 fully saturated rings. The first-order valence-corrected chi connectivity index (χ1v) is 7.50. The second-order valence-corrected chi connectivity index (χ2v) is 5.79. The van der Waals surface area contributed by atoms with Crippen LogP contribution in [0.4, 0.5) is 0 Å². The number of hydrogen-bond acceptors (Lipinski definition) is 5. The number of aromatic amines is 1. The number of carbonyl (C=O) groups excluding carboxylic acids is 1. The zero-order chi connectivity index (χ0) is 15.7. The summed E-state index contributed by atoms with van der Waals surface area (Å²) in [6.07, 6.45) is 3.51. The van der Waals surface area contributed by atoms with Crippen LogP contribution in [0.2, 0.25) is 0 Å². The Morgan fingerprint density at radius 2 is 2.41 bits per heavy atom. The lowest BCUT2D eigenvalue weighted by Crippen LogP contribution is -2.48. The molecule has 7 heteroatoms. The van der Waals surface area contributed by atoms with Gasteiger partial charge in [-0.1, -0.05) is 6.92 Å². The summed E-state index contributed by atoms with van der Waals surface area (Å²) in [5.41, 5.74) is 0.292. The second kappa shape index (κ2) is 5.57. The van der Waals surface area contributed by atoms with E-state index < -0.39 is 5.60 Å². The monoisotopic (exact) mass is 304 g/mol. The van der Waals surface area contributed by atoms with Crippen molar-refractivity contribution < 1.29 is 14.3 Å². The summed E-state index contributed by atoms with van der Waals surface area (Å²) in [6, 6.07) is 1.77. The topological polar surface area (TPSA) is 95.3 Å². The number of aryl methyl sites for hydroxylation is 2. The lowest BCUT2D eigenvalue weighted by Gasteiger charge is -2.37. The van der Waals surface area contributed by atoms with Crippen LogP contribution in [0.1, 0.15) is 47.3 Å². The van der Waals surface area contributed by atoms with Crippen LogP contribution in [-0.2, 0) is 12.0 Å². The van der Waals surface area contributed by atoms with Crippen molar-refractivity contribution >= 4 is 5.91 Å². The van der Waals surface area contributed by atoms with Gasteiger partial charge in [0.1, 0.15) is 17.1 Å². The van der Waals surface area contributed by atoms with Crippen molar-refractivity contribution in [3.05, 3.63) is 35.0 Å². The molecule has 2 aromatic rings. The van der Waals surface area contributed by atoms with Crippen LogP contribution in [-0.4, -0.2) is 44.4 Å². The fourth-order valence-electron chi connectivity index (χ4n) is 2.98. The Bertz CT molecular complexity index is 664. The van der Waals surface area contributed by atoms with Gasteiger partial charge in [-0.05, 0) is 31.4 Å². The molecule has 0 aliphatic carbocycles. The molecule has 22 heavy (non-hydrogen) atoms. The number of nitrogens with one attached hydrogen (secondary N) is 1. The molecule has 0 saturated carbocycles. The highest BCUT2D eigenvalue weighted by atomic mass is 16.4. The minimum atomic E-state index is -1.16. The van der Waals surface area contributed by atoms with Gasteiger partial charge in [0.2, 0.25) is 0 Å². The Morgan fingerprint density at radius 3 is 3.05 bits per heavy atom. The van der Waals surface area contributed by atoms with E-state index in [2.05, 4.69) is 15.4 Å². The Morgan fingerprint density at radius 1 is 1.59 bits per heavy atom. The predicted octanol–water partition coefficient (Wildman–Crippen LogP) is 1.39. The first-order valence-electron chi connectivity index (χ1n) is 7.50. The van der Waals surface area contributed by atoms with Crippen molar-refractivity contribution in [1.29, 1.82) is 0 Å². The number of aliphatic hydroxyl groups is 1. The van der Waals surface area contributed by atoms with E-state index in [1.54, 1.807) is 11.0 Å². The maximum Gasteiger partial charge on any atom is 0.289 e. The second-order valence-electron chi connectivity index (χ2n) is 5.79. The summed E-state index contributed by atoms with van der Waals surface area (Å²) in [5, 5.41) is 21.0. The molecule has 3 rings (SSSR count). The molecule has 2 N–H and O–H groups in total. The number of β-amino-alcohol motifs (C(OH)–C–C–N with tert-alkyl or cyclic N) is 1. The van der Waals surface area contributed by atoms with Gasteiger partial charge in [-0.3, -0.25) is 4.79 Å². The van der Waals surface area contributed by atoms with E-state index in [9.17, 15) is 9.90 Å². The van der Waals surface area contributed by atoms with E-state index in [0.717, 1.165) is 17.7 Å². The van der Waals surface area contributed by atoms with Crippen LogP contribution >= 0.6 is 0 Å². The Kier molecular flexibility index (Phi) is 3.74. The number of likely N-dealkylation sites (tertiary alicyclic amines) is 1. The van der Waals surface area contributed by atoms with Crippen LogP contribution in [0.25, 0.3) is 0 Å². The molecule has 0 spiro atoms. The zero-order valence-electron chi connectivity index (χ0n) is 12.8. The van der Waals surface area contributed by atoms with Gasteiger partial charge in [-0.15, -0.1) is 0 Å². The minimum absolute atomic E-state index is 0.190. The average molecular weight is 304 g/mol. The molecule has 1 aliphatic heterocycles. The highest BCUT2D eigenvalue weighted by Gasteiger charge is 2.39. The van der Waals surface area contributed by atoms with Crippen LogP contribution in [0, 0.1) is 6.92 Å². The van der Waals surface area contributed by atoms with E-state index in [4.69, 9.17) is 4.42 Å². The predicted molar refractivity (Wildman–Crippen MR) is 78.2 cm³/mol. The number of amides is 1. The highest BCUT2D eigenvalue weighted by Crippen LogP contribution is 2.30. The van der Waals surface area contributed by atoms with Crippen LogP contribution < -0.4 is 0 Å². The molecule has 0 unspecified atom stereocenters. The number of H-pyrrole nitrogens is 1. The Hall–Kier alpha value is -2.15. The van der Waals surface area contributed by atoms with Gasteiger partial charge in [0.15, 0.2) is 5.76 Å². The van der Waals surface area contributed by atoms with Gasteiger partial charge in [-0.25, -0.2) is 0 Å². The van der Waals surface area contributed by atoms with Gasteiger partial charge < -0.3 is 14.4 Å². The summed E-state index contributed by atoms with van der Waals surface area (Å²) < 4.78 is 5.63. The number of hydrogen-bond donors (Lipinski definition) is 2. The Balaban J connectivity index is 1.80. The van der Waals surface area contributed by atoms with Crippen molar-refractivity contribution in [2.45, 2.75) is 38.7 Å². The summed E-state index contributed by atoms with van der Waals surface area (Å²) in [5.74, 6) is 0.968. The van der Waals surface area contributed by atoms with E-state index in [-0.39, 0.29) is 12.5 Å². The standard InChI is InChI=1S/C15H20N4O3/c1-3-11-10(2)7-12(22-11)14(20)19-6-4-5-15(21,9-19)13-8-16-18-17-13/h7-8,21H,3-6,9H2,1-2H3,(H,16,17,18)/t15-/m0/s1. The molecule has 1 saturated heterocycles. The fourth-order valence-corrected chi connectivity index (χ4v) is 2.98. The molecule has 7 nitrogen and oxygen atoms in total. The Labute approximate surface area is 128 Å². The largest absolute Gasteiger partial charge is 0.456 e. The third-order valence-corrected chi connectivity index (χ3v) is 4.20. The maximum atomic E-state index is 12.6. The van der Waals surface area contributed by atoms with E-state index in [0.29, 0.717) is 30.8 Å². The van der Waals surface area contributed by atoms with Crippen molar-refractivity contribution in [3.8, 4) is 0 Å². The lowest BCUT2D eigenvalue weighted by molar-refractivity contribution is -0.0328. The summed E-state index contributed by atoms with van der Waals surface area (Å²) in [7, 11) is 0. The van der Waals surface area contributed by atoms with E-state index in [1.165, 1.54) is 6.20 Å². The van der Waals surface area contributed by atoms with Crippen LogP contribution in [0.5, 0.6) is 0 Å². The van der Waals surface area contributed by atoms with E-state index in [1.807, 2.05) is 13.8 Å². The minimum Gasteiger partial charge on any atom is -0.456 e. The van der Waals surface area contributed by atoms with Gasteiger partial charge in [-0.2, -0.15) is 15.4 Å². The molecule has 0 bridgehead atoms. The third-order valence-electron chi connectivity index (χ3n) is 4.20. The SMILES string of the molecule is CCc1oc(C(=O)N2CCC[C@@](O)(c3cn[nH]n3)C2)cc1C. The van der Waals surface area contributed by atoms with Gasteiger partial charge in [0.25, 0.3) is 5.91 Å². The lowest BCUT2D eigenvalue weighted by atomic mass is 9.90. The third kappa shape index (κ3) is 2.52. The van der Waals surface area contributed by atoms with Crippen molar-refractivity contribution in [1.82, 2.24) is 20.3 Å². The number of furan rings is 1. The average Bonchev–Trinajstić information content (AvgIpc) is 3.16. The molecule has 1 atom stereocenters. The normalized spacial score (nSPS) is 22.0. The van der Waals surface area contributed by atoms with Crippen LogP contribution in [0.3, 0.4) is 0 Å². The molecule has 1 amide bonds. The quantitative estimate of drug-likeness (QED) is 0.893. The molecule has 118 valence electrons. The number of piperidine rings is 1. The molecule has 0 aromatic carbocycles. The number of aromatic nitrogens is 3. The summed E-state index contributed by atoms with van der Waals surface area (Å²) >= 11 is 0. The number of carbonyl (C=O) groups is 1. The zero-order valence-corrected chi connectivity index (χ0v) is 12.8. The van der Waals surface area contributed by atoms with Gasteiger partial charge >= 0.3 is 0 Å². The first-order chi connectivity index (χ1) is 10.5. The summed E-state index contributed by atoms with van der Waals surface area (Å²) in [6.45, 7) is 4.71. The fraction of sp³-hybridized carbons (Fsp3) is 0.533. The molecule has 0 radical (unpaired) electrons. The number of nitrogens with zero attached hydrogens (tertiary/aromatic N) is 3. The molecular weight excluding hydrogens is 284 g/mol. The molecule has 3 heterocycles. The van der Waals surface area contributed by atoms with E-state index >= 15 is 0 Å². The number of rotatable bonds is 3. The highest BCUT2D eigenvalue weighted by molar-refractivity contribution is 5.92. The molecule has 2 aromatic heterocycles. The van der Waals surface area contributed by atoms with Crippen LogP contribution in [0.15, 0.2) is 16.7 Å². The van der Waals surface area contributed by atoms with Gasteiger partial charge in [0.05, 0.1) is 12.7 Å². The summed E-state index contributed by atoms with van der Waals surface area (Å²) in [4.78, 5) is 14.2. The van der Waals surface area contributed by atoms with Gasteiger partial charge in [0, 0.05) is 13.0 Å². The molecule has 1 aliphatic rings. The van der Waals surface area contributed by atoms with Crippen molar-refractivity contribution in [3.63, 3.8) is 0 Å².